The van der Waals surface area contributed by atoms with Crippen molar-refractivity contribution in [3.63, 3.8) is 0 Å². The van der Waals surface area contributed by atoms with Crippen molar-refractivity contribution in [3.8, 4) is 0 Å². The van der Waals surface area contributed by atoms with Crippen molar-refractivity contribution in [3.05, 3.63) is 99.4 Å². The molecule has 0 saturated carbocycles. The van der Waals surface area contributed by atoms with E-state index in [-0.39, 0.29) is 4.90 Å². The van der Waals surface area contributed by atoms with Crippen molar-refractivity contribution in [2.24, 2.45) is 10.1 Å². The number of benzene rings is 3. The summed E-state index contributed by atoms with van der Waals surface area (Å²) in [4.78, 5) is 13.1. The van der Waals surface area contributed by atoms with Crippen molar-refractivity contribution in [2.75, 3.05) is 0 Å². The zero-order chi connectivity index (χ0) is 23.6. The van der Waals surface area contributed by atoms with Gasteiger partial charge in [-0.3, -0.25) is 4.79 Å². The largest absolute Gasteiger partial charge is 0.367 e. The molecule has 0 aliphatic heterocycles. The van der Waals surface area contributed by atoms with Gasteiger partial charge in [0.25, 0.3) is 15.6 Å². The van der Waals surface area contributed by atoms with Gasteiger partial charge in [0.2, 0.25) is 5.96 Å². The highest BCUT2D eigenvalue weighted by Gasteiger charge is 2.22. The number of sulfonamides is 1. The maximum atomic E-state index is 13.2. The quantitative estimate of drug-likeness (QED) is 0.251. The number of thioether (sulfide) groups is 1. The Bertz CT molecular complexity index is 1530. The Hall–Kier alpha value is -3.14. The van der Waals surface area contributed by atoms with Gasteiger partial charge in [-0.05, 0) is 36.2 Å². The van der Waals surface area contributed by atoms with Crippen molar-refractivity contribution in [1.29, 1.82) is 0 Å². The van der Waals surface area contributed by atoms with Crippen LogP contribution in [0.2, 0.25) is 5.02 Å². The summed E-state index contributed by atoms with van der Waals surface area (Å²) in [6.07, 6.45) is 1.43. The molecule has 33 heavy (non-hydrogen) atoms. The molecule has 4 rings (SSSR count). The molecule has 0 unspecified atom stereocenters. The molecular formula is C23H19ClN4O3S2. The van der Waals surface area contributed by atoms with Crippen molar-refractivity contribution >= 4 is 50.1 Å². The third kappa shape index (κ3) is 4.95. The lowest BCUT2D eigenvalue weighted by atomic mass is 10.2. The number of rotatable bonds is 5. The maximum Gasteiger partial charge on any atom is 0.286 e. The Morgan fingerprint density at radius 3 is 2.58 bits per heavy atom. The molecule has 2 N–H and O–H groups in total. The van der Waals surface area contributed by atoms with Gasteiger partial charge in [0.15, 0.2) is 0 Å². The molecule has 0 fully saturated rings. The Kier molecular flexibility index (Phi) is 6.55. The van der Waals surface area contributed by atoms with E-state index in [1.54, 1.807) is 37.3 Å². The third-order valence-electron chi connectivity index (χ3n) is 4.87. The number of hydrogen-bond donors (Lipinski definition) is 1. The monoisotopic (exact) mass is 498 g/mol. The molecule has 0 spiro atoms. The zero-order valence-electron chi connectivity index (χ0n) is 17.5. The minimum absolute atomic E-state index is 0.0397. The van der Waals surface area contributed by atoms with Crippen LogP contribution in [0.25, 0.3) is 10.8 Å². The minimum Gasteiger partial charge on any atom is -0.367 e. The van der Waals surface area contributed by atoms with Crippen LogP contribution in [0.1, 0.15) is 11.1 Å². The second-order valence-corrected chi connectivity index (χ2v) is 10.2. The molecule has 0 aliphatic carbocycles. The van der Waals surface area contributed by atoms with Gasteiger partial charge in [-0.15, -0.1) is 16.2 Å². The van der Waals surface area contributed by atoms with Crippen LogP contribution in [0.3, 0.4) is 0 Å². The average Bonchev–Trinajstić information content (AvgIpc) is 2.80. The predicted octanol–water partition coefficient (Wildman–Crippen LogP) is 4.20. The molecule has 1 aromatic heterocycles. The molecule has 4 aromatic rings. The molecule has 0 aliphatic rings. The van der Waals surface area contributed by atoms with E-state index in [1.807, 2.05) is 30.3 Å². The topological polar surface area (TPSA) is 107 Å². The molecule has 7 nitrogen and oxygen atoms in total. The van der Waals surface area contributed by atoms with Crippen LogP contribution in [0.5, 0.6) is 0 Å². The zero-order valence-corrected chi connectivity index (χ0v) is 19.9. The molecular weight excluding hydrogens is 480 g/mol. The molecule has 0 saturated heterocycles. The SMILES string of the molecule is Cc1cc(S(=O)(=O)/N=C(\N)n2ncc3ccccc3c2=O)c(SCc2ccccc2)cc1Cl. The van der Waals surface area contributed by atoms with Crippen LogP contribution in [-0.2, 0) is 15.8 Å². The highest BCUT2D eigenvalue weighted by Crippen LogP contribution is 2.34. The van der Waals surface area contributed by atoms with E-state index in [2.05, 4.69) is 9.50 Å². The molecule has 3 aromatic carbocycles. The molecule has 168 valence electrons. The summed E-state index contributed by atoms with van der Waals surface area (Å²) in [5, 5.41) is 5.38. The van der Waals surface area contributed by atoms with Crippen LogP contribution in [0.4, 0.5) is 0 Å². The summed E-state index contributed by atoms with van der Waals surface area (Å²) in [5.41, 5.74) is 6.98. The minimum atomic E-state index is -4.27. The van der Waals surface area contributed by atoms with Crippen molar-refractivity contribution < 1.29 is 8.42 Å². The number of aromatic nitrogens is 2. The lowest BCUT2D eigenvalue weighted by molar-refractivity contribution is 0.595. The first-order valence-electron chi connectivity index (χ1n) is 9.81. The molecule has 0 bridgehead atoms. The van der Waals surface area contributed by atoms with Gasteiger partial charge in [-0.1, -0.05) is 60.1 Å². The van der Waals surface area contributed by atoms with Crippen LogP contribution < -0.4 is 11.3 Å². The van der Waals surface area contributed by atoms with E-state index >= 15 is 0 Å². The fourth-order valence-corrected chi connectivity index (χ4v) is 5.85. The fourth-order valence-electron chi connectivity index (χ4n) is 3.15. The third-order valence-corrected chi connectivity index (χ3v) is 7.85. The molecule has 1 heterocycles. The second-order valence-electron chi connectivity index (χ2n) is 7.20. The van der Waals surface area contributed by atoms with Gasteiger partial charge in [0, 0.05) is 21.1 Å². The van der Waals surface area contributed by atoms with Crippen molar-refractivity contribution in [2.45, 2.75) is 22.5 Å². The van der Waals surface area contributed by atoms with E-state index < -0.39 is 21.5 Å². The predicted molar refractivity (Wildman–Crippen MR) is 132 cm³/mol. The highest BCUT2D eigenvalue weighted by atomic mass is 35.5. The van der Waals surface area contributed by atoms with E-state index in [0.717, 1.165) is 10.2 Å². The van der Waals surface area contributed by atoms with Gasteiger partial charge in [-0.25, -0.2) is 0 Å². The Morgan fingerprint density at radius 2 is 1.82 bits per heavy atom. The van der Waals surface area contributed by atoms with Crippen LogP contribution in [-0.4, -0.2) is 24.2 Å². The number of nitrogens with zero attached hydrogens (tertiary/aromatic N) is 3. The van der Waals surface area contributed by atoms with Crippen LogP contribution >= 0.6 is 23.4 Å². The fraction of sp³-hybridized carbons (Fsp3) is 0.0870. The van der Waals surface area contributed by atoms with Crippen molar-refractivity contribution in [1.82, 2.24) is 9.78 Å². The lowest BCUT2D eigenvalue weighted by Gasteiger charge is -2.11. The van der Waals surface area contributed by atoms with Crippen LogP contribution in [0, 0.1) is 6.92 Å². The van der Waals surface area contributed by atoms with E-state index in [0.29, 0.717) is 32.0 Å². The van der Waals surface area contributed by atoms with E-state index in [4.69, 9.17) is 17.3 Å². The highest BCUT2D eigenvalue weighted by molar-refractivity contribution is 7.99. The number of aryl methyl sites for hydroxylation is 1. The van der Waals surface area contributed by atoms with Gasteiger partial charge in [0.05, 0.1) is 11.6 Å². The molecule has 0 amide bonds. The first kappa shape index (κ1) is 23.0. The smallest absolute Gasteiger partial charge is 0.286 e. The van der Waals surface area contributed by atoms with Crippen LogP contribution in [0.15, 0.2) is 91.9 Å². The summed E-state index contributed by atoms with van der Waals surface area (Å²) in [6.45, 7) is 1.70. The number of nitrogens with two attached hydrogens (primary N) is 1. The summed E-state index contributed by atoms with van der Waals surface area (Å²) in [6, 6.07) is 19.5. The standard InChI is InChI=1S/C23H19ClN4O3S2/c1-15-11-21(20(12-19(15)24)32-14-16-7-3-2-4-8-16)33(30,31)27-23(25)28-22(29)18-10-6-5-9-17(18)13-26-28/h2-13H,14H2,1H3,(H2,25,27). The summed E-state index contributed by atoms with van der Waals surface area (Å²) >= 11 is 7.59. The van der Waals surface area contributed by atoms with Gasteiger partial charge < -0.3 is 5.73 Å². The number of halogens is 1. The van der Waals surface area contributed by atoms with Gasteiger partial charge in [-0.2, -0.15) is 18.2 Å². The first-order chi connectivity index (χ1) is 15.8. The Morgan fingerprint density at radius 1 is 1.12 bits per heavy atom. The summed E-state index contributed by atoms with van der Waals surface area (Å²) in [7, 11) is -4.27. The Labute approximate surface area is 200 Å². The van der Waals surface area contributed by atoms with E-state index in [1.165, 1.54) is 24.0 Å². The van der Waals surface area contributed by atoms with E-state index in [9.17, 15) is 13.2 Å². The summed E-state index contributed by atoms with van der Waals surface area (Å²) < 4.78 is 30.9. The number of fused-ring (bicyclic) bond motifs is 1. The molecule has 10 heteroatoms. The first-order valence-corrected chi connectivity index (χ1v) is 12.6. The second kappa shape index (κ2) is 9.38. The number of hydrogen-bond acceptors (Lipinski definition) is 5. The summed E-state index contributed by atoms with van der Waals surface area (Å²) in [5.74, 6) is -0.00875. The Balaban J connectivity index is 1.75. The average molecular weight is 499 g/mol. The normalized spacial score (nSPS) is 12.2. The molecule has 0 radical (unpaired) electrons. The lowest BCUT2D eigenvalue weighted by Crippen LogP contribution is -2.35. The van der Waals surface area contributed by atoms with Gasteiger partial charge in [0.1, 0.15) is 4.90 Å². The maximum absolute atomic E-state index is 13.2. The van der Waals surface area contributed by atoms with Gasteiger partial charge >= 0.3 is 0 Å². The molecule has 0 atom stereocenters.